The van der Waals surface area contributed by atoms with E-state index in [-0.39, 0.29) is 4.90 Å². The predicted octanol–water partition coefficient (Wildman–Crippen LogP) is 2.72. The first-order chi connectivity index (χ1) is 13.5. The molecule has 0 aliphatic heterocycles. The van der Waals surface area contributed by atoms with Gasteiger partial charge in [0.05, 0.1) is 4.90 Å². The molecule has 0 spiro atoms. The van der Waals surface area contributed by atoms with Crippen LogP contribution in [0.4, 0.5) is 5.69 Å². The Morgan fingerprint density at radius 3 is 2.07 bits per heavy atom. The van der Waals surface area contributed by atoms with Gasteiger partial charge < -0.3 is 10.1 Å². The van der Waals surface area contributed by atoms with Gasteiger partial charge in [-0.05, 0) is 51.0 Å². The highest BCUT2D eigenvalue weighted by molar-refractivity contribution is 7.89. The van der Waals surface area contributed by atoms with E-state index in [1.807, 2.05) is 39.8 Å². The van der Waals surface area contributed by atoms with Crippen molar-refractivity contribution < 1.29 is 22.7 Å². The van der Waals surface area contributed by atoms with Gasteiger partial charge in [-0.25, -0.2) is 8.42 Å². The number of carbonyl (C=O) groups excluding carboxylic acids is 2. The number of anilines is 1. The Hall–Kier alpha value is -2.71. The molecular formula is C21H26N2O5S. The van der Waals surface area contributed by atoms with E-state index in [4.69, 9.17) is 4.74 Å². The minimum absolute atomic E-state index is 0.0847. The summed E-state index contributed by atoms with van der Waals surface area (Å²) >= 11 is 0. The SMILES string of the molecule is Cc1ccc(S(=O)(=O)N(C)CC(=O)OCC(=O)Nc2c(C)cc(C)cc2C)cc1. The lowest BCUT2D eigenvalue weighted by atomic mass is 10.1. The predicted molar refractivity (Wildman–Crippen MR) is 111 cm³/mol. The number of ether oxygens (including phenoxy) is 1. The van der Waals surface area contributed by atoms with Crippen molar-refractivity contribution in [3.63, 3.8) is 0 Å². The van der Waals surface area contributed by atoms with Crippen LogP contribution in [0.5, 0.6) is 0 Å². The second-order valence-electron chi connectivity index (χ2n) is 7.06. The maximum atomic E-state index is 12.5. The highest BCUT2D eigenvalue weighted by Crippen LogP contribution is 2.21. The second kappa shape index (κ2) is 9.19. The summed E-state index contributed by atoms with van der Waals surface area (Å²) in [6.07, 6.45) is 0. The molecule has 0 saturated heterocycles. The maximum absolute atomic E-state index is 12.5. The Bertz CT molecular complexity index is 991. The van der Waals surface area contributed by atoms with Crippen molar-refractivity contribution in [3.05, 3.63) is 58.7 Å². The lowest BCUT2D eigenvalue weighted by molar-refractivity contribution is -0.147. The minimum atomic E-state index is -3.82. The van der Waals surface area contributed by atoms with Gasteiger partial charge in [-0.2, -0.15) is 4.31 Å². The fourth-order valence-electron chi connectivity index (χ4n) is 2.90. The van der Waals surface area contributed by atoms with E-state index in [1.54, 1.807) is 12.1 Å². The summed E-state index contributed by atoms with van der Waals surface area (Å²) in [4.78, 5) is 24.2. The minimum Gasteiger partial charge on any atom is -0.455 e. The second-order valence-corrected chi connectivity index (χ2v) is 9.10. The summed E-state index contributed by atoms with van der Waals surface area (Å²) in [5.41, 5.74) is 4.51. The summed E-state index contributed by atoms with van der Waals surface area (Å²) in [5.74, 6) is -1.30. The molecule has 2 rings (SSSR count). The van der Waals surface area contributed by atoms with E-state index in [0.29, 0.717) is 5.69 Å². The average molecular weight is 419 g/mol. The van der Waals surface area contributed by atoms with E-state index in [9.17, 15) is 18.0 Å². The van der Waals surface area contributed by atoms with E-state index >= 15 is 0 Å². The first kappa shape index (κ1) is 22.6. The van der Waals surface area contributed by atoms with Crippen LogP contribution in [0.1, 0.15) is 22.3 Å². The molecule has 2 aromatic carbocycles. The molecule has 0 heterocycles. The molecule has 29 heavy (non-hydrogen) atoms. The smallest absolute Gasteiger partial charge is 0.321 e. The number of aryl methyl sites for hydroxylation is 4. The van der Waals surface area contributed by atoms with Gasteiger partial charge >= 0.3 is 5.97 Å². The number of likely N-dealkylation sites (N-methyl/N-ethyl adjacent to an activating group) is 1. The number of nitrogens with zero attached hydrogens (tertiary/aromatic N) is 1. The van der Waals surface area contributed by atoms with Crippen LogP contribution in [0.3, 0.4) is 0 Å². The number of amides is 1. The van der Waals surface area contributed by atoms with Gasteiger partial charge in [0.25, 0.3) is 5.91 Å². The van der Waals surface area contributed by atoms with Crippen LogP contribution < -0.4 is 5.32 Å². The molecule has 8 heteroatoms. The summed E-state index contributed by atoms with van der Waals surface area (Å²) in [7, 11) is -2.53. The van der Waals surface area contributed by atoms with Crippen LogP contribution in [-0.4, -0.2) is 44.8 Å². The number of carbonyl (C=O) groups is 2. The highest BCUT2D eigenvalue weighted by atomic mass is 32.2. The number of benzene rings is 2. The van der Waals surface area contributed by atoms with Crippen LogP contribution >= 0.6 is 0 Å². The number of esters is 1. The fourth-order valence-corrected chi connectivity index (χ4v) is 4.02. The van der Waals surface area contributed by atoms with Crippen molar-refractivity contribution in [1.29, 1.82) is 0 Å². The van der Waals surface area contributed by atoms with E-state index in [0.717, 1.165) is 26.6 Å². The zero-order valence-electron chi connectivity index (χ0n) is 17.3. The first-order valence-corrected chi connectivity index (χ1v) is 10.5. The molecule has 0 fully saturated rings. The van der Waals surface area contributed by atoms with Crippen LogP contribution in [0.25, 0.3) is 0 Å². The van der Waals surface area contributed by atoms with E-state index < -0.39 is 35.1 Å². The Balaban J connectivity index is 1.92. The zero-order chi connectivity index (χ0) is 21.8. The lowest BCUT2D eigenvalue weighted by Crippen LogP contribution is -2.34. The molecule has 0 aliphatic rings. The molecule has 0 aromatic heterocycles. The molecule has 0 atom stereocenters. The quantitative estimate of drug-likeness (QED) is 0.698. The summed E-state index contributed by atoms with van der Waals surface area (Å²) < 4.78 is 30.8. The van der Waals surface area contributed by atoms with Crippen molar-refractivity contribution in [2.45, 2.75) is 32.6 Å². The number of hydrogen-bond donors (Lipinski definition) is 1. The van der Waals surface area contributed by atoms with Gasteiger partial charge in [-0.15, -0.1) is 0 Å². The standard InChI is InChI=1S/C21H26N2O5S/c1-14-6-8-18(9-7-14)29(26,27)23(5)12-20(25)28-13-19(24)22-21-16(3)10-15(2)11-17(21)4/h6-11H,12-13H2,1-5H3,(H,22,24). The first-order valence-electron chi connectivity index (χ1n) is 9.07. The number of hydrogen-bond acceptors (Lipinski definition) is 5. The van der Waals surface area contributed by atoms with E-state index in [1.165, 1.54) is 19.2 Å². The molecule has 156 valence electrons. The van der Waals surface area contributed by atoms with Crippen molar-refractivity contribution in [1.82, 2.24) is 4.31 Å². The summed E-state index contributed by atoms with van der Waals surface area (Å²) in [5, 5.41) is 2.73. The fraction of sp³-hybridized carbons (Fsp3) is 0.333. The third-order valence-corrected chi connectivity index (χ3v) is 6.20. The van der Waals surface area contributed by atoms with Gasteiger partial charge in [-0.3, -0.25) is 9.59 Å². The topological polar surface area (TPSA) is 92.8 Å². The molecule has 7 nitrogen and oxygen atoms in total. The third kappa shape index (κ3) is 5.88. The molecule has 1 N–H and O–H groups in total. The number of rotatable bonds is 7. The Kier molecular flexibility index (Phi) is 7.16. The number of sulfonamides is 1. The highest BCUT2D eigenvalue weighted by Gasteiger charge is 2.23. The number of nitrogens with one attached hydrogen (secondary N) is 1. The Labute approximate surface area is 171 Å². The van der Waals surface area contributed by atoms with Gasteiger partial charge in [0.2, 0.25) is 10.0 Å². The maximum Gasteiger partial charge on any atom is 0.321 e. The normalized spacial score (nSPS) is 11.4. The molecule has 1 amide bonds. The molecule has 0 aliphatic carbocycles. The Morgan fingerprint density at radius 2 is 1.52 bits per heavy atom. The zero-order valence-corrected chi connectivity index (χ0v) is 18.1. The average Bonchev–Trinajstić information content (AvgIpc) is 2.63. The summed E-state index contributed by atoms with van der Waals surface area (Å²) in [6, 6.07) is 10.2. The Morgan fingerprint density at radius 1 is 0.966 bits per heavy atom. The van der Waals surface area contributed by atoms with Crippen LogP contribution in [0, 0.1) is 27.7 Å². The molecule has 0 saturated carbocycles. The van der Waals surface area contributed by atoms with Crippen LogP contribution in [0.2, 0.25) is 0 Å². The monoisotopic (exact) mass is 418 g/mol. The van der Waals surface area contributed by atoms with Gasteiger partial charge in [0.15, 0.2) is 6.61 Å². The van der Waals surface area contributed by atoms with Crippen LogP contribution in [-0.2, 0) is 24.3 Å². The van der Waals surface area contributed by atoms with Gasteiger partial charge in [0, 0.05) is 12.7 Å². The molecule has 0 unspecified atom stereocenters. The van der Waals surface area contributed by atoms with Crippen molar-refractivity contribution in [3.8, 4) is 0 Å². The van der Waals surface area contributed by atoms with Gasteiger partial charge in [0.1, 0.15) is 6.54 Å². The third-order valence-electron chi connectivity index (χ3n) is 4.39. The van der Waals surface area contributed by atoms with E-state index in [2.05, 4.69) is 5.32 Å². The van der Waals surface area contributed by atoms with Crippen molar-refractivity contribution in [2.24, 2.45) is 0 Å². The largest absolute Gasteiger partial charge is 0.455 e. The molecular weight excluding hydrogens is 392 g/mol. The van der Waals surface area contributed by atoms with Crippen molar-refractivity contribution >= 4 is 27.6 Å². The molecule has 2 aromatic rings. The van der Waals surface area contributed by atoms with Gasteiger partial charge in [-0.1, -0.05) is 35.4 Å². The molecule has 0 bridgehead atoms. The van der Waals surface area contributed by atoms with Crippen LogP contribution in [0.15, 0.2) is 41.3 Å². The summed E-state index contributed by atoms with van der Waals surface area (Å²) in [6.45, 7) is 6.59. The van der Waals surface area contributed by atoms with Crippen molar-refractivity contribution in [2.75, 3.05) is 25.5 Å². The molecule has 0 radical (unpaired) electrons. The lowest BCUT2D eigenvalue weighted by Gasteiger charge is -2.17.